The standard InChI is InChI=1S/C29H21F2N7/c30-29(31)16-28(32,17-29)20-8-6-19(7-9-20)26-21(18-4-2-1-3-5-18)14-24-22(35-26)10-11-25-36-37-27(38(24)25)23-15-33-12-13-34-23/h1-15H,16-17,32H2. The van der Waals surface area contributed by atoms with E-state index in [0.717, 1.165) is 33.4 Å². The largest absolute Gasteiger partial charge is 0.321 e. The number of hydrogen-bond donors (Lipinski definition) is 1. The fraction of sp³-hybridized carbons (Fsp3) is 0.138. The molecule has 0 unspecified atom stereocenters. The number of pyridine rings is 2. The average molecular weight is 506 g/mol. The van der Waals surface area contributed by atoms with Crippen LogP contribution in [0.25, 0.3) is 50.6 Å². The highest BCUT2D eigenvalue weighted by atomic mass is 19.3. The highest BCUT2D eigenvalue weighted by Crippen LogP contribution is 2.50. The van der Waals surface area contributed by atoms with E-state index >= 15 is 0 Å². The number of aromatic nitrogens is 6. The minimum Gasteiger partial charge on any atom is -0.321 e. The Bertz CT molecular complexity index is 1790. The molecule has 7 nitrogen and oxygen atoms in total. The third kappa shape index (κ3) is 3.62. The van der Waals surface area contributed by atoms with Crippen molar-refractivity contribution in [1.82, 2.24) is 29.5 Å². The highest BCUT2D eigenvalue weighted by molar-refractivity contribution is 5.91. The molecule has 2 aromatic carbocycles. The van der Waals surface area contributed by atoms with Crippen molar-refractivity contribution >= 4 is 16.7 Å². The summed E-state index contributed by atoms with van der Waals surface area (Å²) < 4.78 is 29.1. The second kappa shape index (κ2) is 8.19. The Hall–Kier alpha value is -4.63. The number of benzene rings is 2. The molecule has 0 radical (unpaired) electrons. The lowest BCUT2D eigenvalue weighted by Crippen LogP contribution is -2.55. The Morgan fingerprint density at radius 3 is 2.34 bits per heavy atom. The minimum atomic E-state index is -2.70. The van der Waals surface area contributed by atoms with E-state index in [1.165, 1.54) is 0 Å². The Labute approximate surface area is 216 Å². The second-order valence-electron chi connectivity index (χ2n) is 9.74. The molecule has 1 aliphatic carbocycles. The lowest BCUT2D eigenvalue weighted by molar-refractivity contribution is -0.125. The molecule has 0 spiro atoms. The maximum atomic E-state index is 13.6. The highest BCUT2D eigenvalue weighted by Gasteiger charge is 2.55. The van der Waals surface area contributed by atoms with E-state index in [0.29, 0.717) is 22.7 Å². The van der Waals surface area contributed by atoms with E-state index in [9.17, 15) is 8.78 Å². The monoisotopic (exact) mass is 505 g/mol. The maximum absolute atomic E-state index is 13.6. The van der Waals surface area contributed by atoms with Crippen LogP contribution in [0.5, 0.6) is 0 Å². The van der Waals surface area contributed by atoms with E-state index in [-0.39, 0.29) is 12.8 Å². The van der Waals surface area contributed by atoms with Crippen LogP contribution in [-0.4, -0.2) is 35.5 Å². The molecule has 1 fully saturated rings. The van der Waals surface area contributed by atoms with Crippen LogP contribution in [0.15, 0.2) is 91.4 Å². The smallest absolute Gasteiger partial charge is 0.252 e. The summed E-state index contributed by atoms with van der Waals surface area (Å²) >= 11 is 0. The van der Waals surface area contributed by atoms with Gasteiger partial charge in [-0.15, -0.1) is 10.2 Å². The molecular weight excluding hydrogens is 484 g/mol. The van der Waals surface area contributed by atoms with Crippen LogP contribution >= 0.6 is 0 Å². The minimum absolute atomic E-state index is 0.341. The molecule has 7 rings (SSSR count). The summed E-state index contributed by atoms with van der Waals surface area (Å²) in [6.07, 6.45) is 4.20. The first-order valence-corrected chi connectivity index (χ1v) is 12.2. The van der Waals surface area contributed by atoms with Crippen molar-refractivity contribution in [3.63, 3.8) is 0 Å². The van der Waals surface area contributed by atoms with E-state index in [1.54, 1.807) is 18.6 Å². The third-order valence-electron chi connectivity index (χ3n) is 7.11. The predicted octanol–water partition coefficient (Wildman–Crippen LogP) is 5.65. The summed E-state index contributed by atoms with van der Waals surface area (Å²) in [6, 6.07) is 23.3. The van der Waals surface area contributed by atoms with Gasteiger partial charge in [0.05, 0.1) is 28.5 Å². The molecule has 0 bridgehead atoms. The van der Waals surface area contributed by atoms with Crippen molar-refractivity contribution in [3.05, 3.63) is 97.0 Å². The SMILES string of the molecule is NC1(c2ccc(-c3nc4ccc5nnc(-c6cnccn6)n5c4cc3-c3ccccc3)cc2)CC(F)(F)C1. The van der Waals surface area contributed by atoms with E-state index in [4.69, 9.17) is 10.7 Å². The molecule has 6 aromatic rings. The van der Waals surface area contributed by atoms with Gasteiger partial charge >= 0.3 is 0 Å². The zero-order valence-electron chi connectivity index (χ0n) is 20.1. The van der Waals surface area contributed by atoms with Crippen molar-refractivity contribution < 1.29 is 8.78 Å². The van der Waals surface area contributed by atoms with E-state index < -0.39 is 11.5 Å². The molecule has 2 N–H and O–H groups in total. The number of alkyl halides is 2. The quantitative estimate of drug-likeness (QED) is 0.333. The van der Waals surface area contributed by atoms with Crippen molar-refractivity contribution in [3.8, 4) is 33.9 Å². The van der Waals surface area contributed by atoms with E-state index in [1.807, 2.05) is 71.1 Å². The van der Waals surface area contributed by atoms with Gasteiger partial charge in [-0.2, -0.15) is 0 Å². The molecule has 38 heavy (non-hydrogen) atoms. The molecule has 0 saturated heterocycles. The van der Waals surface area contributed by atoms with Gasteiger partial charge in [-0.25, -0.2) is 18.7 Å². The van der Waals surface area contributed by atoms with Crippen LogP contribution in [0.4, 0.5) is 8.78 Å². The number of halogens is 2. The summed E-state index contributed by atoms with van der Waals surface area (Å²) in [5.41, 5.74) is 12.3. The number of nitrogens with two attached hydrogens (primary N) is 1. The topological polar surface area (TPSA) is 94.9 Å². The Morgan fingerprint density at radius 1 is 0.842 bits per heavy atom. The van der Waals surface area contributed by atoms with Gasteiger partial charge in [0.25, 0.3) is 5.92 Å². The molecule has 1 saturated carbocycles. The van der Waals surface area contributed by atoms with Crippen LogP contribution in [-0.2, 0) is 5.54 Å². The molecule has 0 amide bonds. The normalized spacial score (nSPS) is 16.0. The Balaban J connectivity index is 1.42. The lowest BCUT2D eigenvalue weighted by Gasteiger charge is -2.44. The first-order valence-electron chi connectivity index (χ1n) is 12.2. The van der Waals surface area contributed by atoms with Crippen molar-refractivity contribution in [1.29, 1.82) is 0 Å². The van der Waals surface area contributed by atoms with Crippen LogP contribution in [0.1, 0.15) is 18.4 Å². The lowest BCUT2D eigenvalue weighted by atomic mass is 9.70. The van der Waals surface area contributed by atoms with Crippen molar-refractivity contribution in [2.45, 2.75) is 24.3 Å². The van der Waals surface area contributed by atoms with Crippen LogP contribution < -0.4 is 5.73 Å². The molecular formula is C29H21F2N7. The summed E-state index contributed by atoms with van der Waals surface area (Å²) in [7, 11) is 0. The average Bonchev–Trinajstić information content (AvgIpc) is 3.37. The first kappa shape index (κ1) is 22.6. The third-order valence-corrected chi connectivity index (χ3v) is 7.11. The Morgan fingerprint density at radius 2 is 1.63 bits per heavy atom. The predicted molar refractivity (Wildman–Crippen MR) is 140 cm³/mol. The molecule has 0 aliphatic heterocycles. The number of nitrogens with zero attached hydrogens (tertiary/aromatic N) is 6. The fourth-order valence-corrected chi connectivity index (χ4v) is 5.29. The molecule has 9 heteroatoms. The van der Waals surface area contributed by atoms with Gasteiger partial charge in [0.2, 0.25) is 0 Å². The van der Waals surface area contributed by atoms with Gasteiger partial charge in [-0.3, -0.25) is 9.38 Å². The van der Waals surface area contributed by atoms with Gasteiger partial charge in [-0.1, -0.05) is 54.6 Å². The number of fused-ring (bicyclic) bond motifs is 3. The zero-order valence-corrected chi connectivity index (χ0v) is 20.1. The number of hydrogen-bond acceptors (Lipinski definition) is 6. The molecule has 4 heterocycles. The van der Waals surface area contributed by atoms with Gasteiger partial charge in [0, 0.05) is 36.4 Å². The summed E-state index contributed by atoms with van der Waals surface area (Å²) in [4.78, 5) is 13.7. The van der Waals surface area contributed by atoms with Crippen molar-refractivity contribution in [2.75, 3.05) is 0 Å². The zero-order chi connectivity index (χ0) is 25.9. The van der Waals surface area contributed by atoms with E-state index in [2.05, 4.69) is 26.2 Å². The van der Waals surface area contributed by atoms with Crippen LogP contribution in [0, 0.1) is 0 Å². The van der Waals surface area contributed by atoms with Crippen molar-refractivity contribution in [2.24, 2.45) is 5.73 Å². The van der Waals surface area contributed by atoms with Crippen LogP contribution in [0.2, 0.25) is 0 Å². The second-order valence-corrected chi connectivity index (χ2v) is 9.74. The molecule has 186 valence electrons. The molecule has 0 atom stereocenters. The molecule has 1 aliphatic rings. The summed E-state index contributed by atoms with van der Waals surface area (Å²) in [6.45, 7) is 0. The van der Waals surface area contributed by atoms with Gasteiger partial charge < -0.3 is 5.73 Å². The number of rotatable bonds is 4. The first-order chi connectivity index (χ1) is 18.4. The summed E-state index contributed by atoms with van der Waals surface area (Å²) in [5.74, 6) is -2.13. The Kier molecular flexibility index (Phi) is 4.86. The van der Waals surface area contributed by atoms with Gasteiger partial charge in [0.15, 0.2) is 11.5 Å². The van der Waals surface area contributed by atoms with Crippen LogP contribution in [0.3, 0.4) is 0 Å². The van der Waals surface area contributed by atoms with Gasteiger partial charge in [0.1, 0.15) is 5.69 Å². The fourth-order valence-electron chi connectivity index (χ4n) is 5.29. The van der Waals surface area contributed by atoms with Gasteiger partial charge in [-0.05, 0) is 29.3 Å². The molecule has 4 aromatic heterocycles. The summed E-state index contributed by atoms with van der Waals surface area (Å²) in [5, 5.41) is 8.71. The maximum Gasteiger partial charge on any atom is 0.252 e.